The lowest BCUT2D eigenvalue weighted by Crippen LogP contribution is -2.05. The molecule has 1 aromatic carbocycles. The van der Waals surface area contributed by atoms with E-state index in [1.54, 1.807) is 19.4 Å². The van der Waals surface area contributed by atoms with Crippen molar-refractivity contribution in [3.8, 4) is 5.75 Å². The first-order valence-corrected chi connectivity index (χ1v) is 6.54. The number of aliphatic hydroxyl groups excluding tert-OH is 1. The molecule has 2 aromatic rings. The van der Waals surface area contributed by atoms with Crippen LogP contribution in [0.3, 0.4) is 0 Å². The molecule has 4 heteroatoms. The number of benzene rings is 1. The topological polar surface area (TPSA) is 47.3 Å². The summed E-state index contributed by atoms with van der Waals surface area (Å²) in [5, 5.41) is 9.71. The molecule has 0 aliphatic carbocycles. The second-order valence-electron chi connectivity index (χ2n) is 4.72. The number of imidazole rings is 1. The zero-order chi connectivity index (χ0) is 13.7. The number of hydrogen-bond acceptors (Lipinski definition) is 3. The number of aromatic nitrogens is 2. The highest BCUT2D eigenvalue weighted by atomic mass is 16.5. The van der Waals surface area contributed by atoms with E-state index in [0.29, 0.717) is 6.61 Å². The highest BCUT2D eigenvalue weighted by Gasteiger charge is 2.09. The fraction of sp³-hybridized carbons (Fsp3) is 0.400. The van der Waals surface area contributed by atoms with Crippen LogP contribution in [0, 0.1) is 6.92 Å². The minimum Gasteiger partial charge on any atom is -0.493 e. The van der Waals surface area contributed by atoms with Crippen molar-refractivity contribution in [3.05, 3.63) is 48.0 Å². The van der Waals surface area contributed by atoms with Crippen LogP contribution in [-0.4, -0.2) is 21.3 Å². The molecule has 1 heterocycles. The SMILES string of the molecule is Cc1ccc([C@@H](C)O)c(OCCCn2ccnc2)c1. The van der Waals surface area contributed by atoms with Crippen LogP contribution in [0.1, 0.15) is 30.6 Å². The Hall–Kier alpha value is -1.81. The third-order valence-electron chi connectivity index (χ3n) is 3.00. The zero-order valence-electron chi connectivity index (χ0n) is 11.4. The molecule has 19 heavy (non-hydrogen) atoms. The molecule has 0 spiro atoms. The first kappa shape index (κ1) is 13.6. The zero-order valence-corrected chi connectivity index (χ0v) is 11.4. The maximum absolute atomic E-state index is 9.71. The summed E-state index contributed by atoms with van der Waals surface area (Å²) in [7, 11) is 0. The second-order valence-corrected chi connectivity index (χ2v) is 4.72. The van der Waals surface area contributed by atoms with E-state index >= 15 is 0 Å². The molecule has 0 aliphatic heterocycles. The minimum absolute atomic E-state index is 0.510. The number of ether oxygens (including phenoxy) is 1. The molecule has 0 radical (unpaired) electrons. The third kappa shape index (κ3) is 3.83. The highest BCUT2D eigenvalue weighted by Crippen LogP contribution is 2.26. The molecule has 2 rings (SSSR count). The molecule has 0 aliphatic rings. The van der Waals surface area contributed by atoms with Crippen LogP contribution in [0.2, 0.25) is 0 Å². The van der Waals surface area contributed by atoms with Crippen LogP contribution in [0.25, 0.3) is 0 Å². The van der Waals surface area contributed by atoms with E-state index in [2.05, 4.69) is 4.98 Å². The summed E-state index contributed by atoms with van der Waals surface area (Å²) in [5.41, 5.74) is 1.97. The fourth-order valence-electron chi connectivity index (χ4n) is 1.96. The van der Waals surface area contributed by atoms with Crippen molar-refractivity contribution in [1.82, 2.24) is 9.55 Å². The largest absolute Gasteiger partial charge is 0.493 e. The Balaban J connectivity index is 1.89. The van der Waals surface area contributed by atoms with Gasteiger partial charge < -0.3 is 14.4 Å². The number of aryl methyl sites for hydroxylation is 2. The number of aliphatic hydroxyl groups is 1. The van der Waals surface area contributed by atoms with E-state index < -0.39 is 6.10 Å². The van der Waals surface area contributed by atoms with Crippen LogP contribution >= 0.6 is 0 Å². The van der Waals surface area contributed by atoms with Gasteiger partial charge in [-0.1, -0.05) is 12.1 Å². The van der Waals surface area contributed by atoms with E-state index in [1.165, 1.54) is 0 Å². The van der Waals surface area contributed by atoms with Crippen molar-refractivity contribution < 1.29 is 9.84 Å². The van der Waals surface area contributed by atoms with Crippen molar-refractivity contribution in [3.63, 3.8) is 0 Å². The summed E-state index contributed by atoms with van der Waals surface area (Å²) in [5.74, 6) is 0.778. The van der Waals surface area contributed by atoms with Gasteiger partial charge in [-0.3, -0.25) is 0 Å². The maximum Gasteiger partial charge on any atom is 0.125 e. The molecule has 4 nitrogen and oxygen atoms in total. The van der Waals surface area contributed by atoms with Crippen LogP contribution in [0.4, 0.5) is 0 Å². The summed E-state index contributed by atoms with van der Waals surface area (Å²) in [4.78, 5) is 4.00. The van der Waals surface area contributed by atoms with Crippen LogP contribution in [0.5, 0.6) is 5.75 Å². The summed E-state index contributed by atoms with van der Waals surface area (Å²) in [6, 6.07) is 5.88. The van der Waals surface area contributed by atoms with Gasteiger partial charge in [0, 0.05) is 24.5 Å². The quantitative estimate of drug-likeness (QED) is 0.812. The average Bonchev–Trinajstić information content (AvgIpc) is 2.87. The van der Waals surface area contributed by atoms with Crippen LogP contribution < -0.4 is 4.74 Å². The number of hydrogen-bond donors (Lipinski definition) is 1. The Morgan fingerprint density at radius 1 is 1.42 bits per heavy atom. The molecule has 0 bridgehead atoms. The van der Waals surface area contributed by atoms with Crippen molar-refractivity contribution in [2.45, 2.75) is 32.9 Å². The Morgan fingerprint density at radius 3 is 2.95 bits per heavy atom. The predicted octanol–water partition coefficient (Wildman–Crippen LogP) is 2.71. The molecule has 1 N–H and O–H groups in total. The predicted molar refractivity (Wildman–Crippen MR) is 74.2 cm³/mol. The van der Waals surface area contributed by atoms with E-state index in [1.807, 2.05) is 35.9 Å². The summed E-state index contributed by atoms with van der Waals surface area (Å²) < 4.78 is 7.81. The van der Waals surface area contributed by atoms with Gasteiger partial charge in [-0.25, -0.2) is 4.98 Å². The lowest BCUT2D eigenvalue weighted by molar-refractivity contribution is 0.190. The van der Waals surface area contributed by atoms with Gasteiger partial charge in [0.1, 0.15) is 5.75 Å². The molecular weight excluding hydrogens is 240 g/mol. The van der Waals surface area contributed by atoms with Gasteiger partial charge in [0.15, 0.2) is 0 Å². The van der Waals surface area contributed by atoms with Crippen molar-refractivity contribution in [2.75, 3.05) is 6.61 Å². The normalized spacial score (nSPS) is 12.4. The Kier molecular flexibility index (Phi) is 4.58. The van der Waals surface area contributed by atoms with Crippen LogP contribution in [-0.2, 0) is 6.54 Å². The Bertz CT molecular complexity index is 507. The third-order valence-corrected chi connectivity index (χ3v) is 3.00. The van der Waals surface area contributed by atoms with Crippen molar-refractivity contribution in [1.29, 1.82) is 0 Å². The van der Waals surface area contributed by atoms with Crippen LogP contribution in [0.15, 0.2) is 36.9 Å². The number of nitrogens with zero attached hydrogens (tertiary/aromatic N) is 2. The average molecular weight is 260 g/mol. The molecule has 102 valence electrons. The molecule has 0 saturated heterocycles. The molecule has 0 fully saturated rings. The molecule has 1 aromatic heterocycles. The molecule has 0 amide bonds. The van der Waals surface area contributed by atoms with Gasteiger partial charge in [0.2, 0.25) is 0 Å². The molecule has 0 saturated carbocycles. The maximum atomic E-state index is 9.71. The number of rotatable bonds is 6. The first-order valence-electron chi connectivity index (χ1n) is 6.54. The van der Waals surface area contributed by atoms with Gasteiger partial charge in [0.05, 0.1) is 19.0 Å². The van der Waals surface area contributed by atoms with Crippen molar-refractivity contribution in [2.24, 2.45) is 0 Å². The Labute approximate surface area is 113 Å². The smallest absolute Gasteiger partial charge is 0.125 e. The van der Waals surface area contributed by atoms with Gasteiger partial charge in [-0.05, 0) is 31.9 Å². The molecule has 0 unspecified atom stereocenters. The fourth-order valence-corrected chi connectivity index (χ4v) is 1.96. The minimum atomic E-state index is -0.510. The molecule has 1 atom stereocenters. The van der Waals surface area contributed by atoms with E-state index in [9.17, 15) is 5.11 Å². The van der Waals surface area contributed by atoms with E-state index in [-0.39, 0.29) is 0 Å². The van der Waals surface area contributed by atoms with Gasteiger partial charge in [-0.15, -0.1) is 0 Å². The van der Waals surface area contributed by atoms with Gasteiger partial charge in [0.25, 0.3) is 0 Å². The summed E-state index contributed by atoms with van der Waals surface area (Å²) in [6.45, 7) is 5.28. The Morgan fingerprint density at radius 2 is 2.26 bits per heavy atom. The first-order chi connectivity index (χ1) is 9.16. The van der Waals surface area contributed by atoms with Gasteiger partial charge >= 0.3 is 0 Å². The lowest BCUT2D eigenvalue weighted by atomic mass is 10.1. The van der Waals surface area contributed by atoms with E-state index in [0.717, 1.165) is 29.8 Å². The van der Waals surface area contributed by atoms with Gasteiger partial charge in [-0.2, -0.15) is 0 Å². The summed E-state index contributed by atoms with van der Waals surface area (Å²) >= 11 is 0. The standard InChI is InChI=1S/C15H20N2O2/c1-12-4-5-14(13(2)18)15(10-12)19-9-3-7-17-8-6-16-11-17/h4-6,8,10-11,13,18H,3,7,9H2,1-2H3/t13-/m1/s1. The lowest BCUT2D eigenvalue weighted by Gasteiger charge is -2.14. The monoisotopic (exact) mass is 260 g/mol. The highest BCUT2D eigenvalue weighted by molar-refractivity contribution is 5.38. The van der Waals surface area contributed by atoms with Crippen molar-refractivity contribution >= 4 is 0 Å². The second kappa shape index (κ2) is 6.38. The summed E-state index contributed by atoms with van der Waals surface area (Å²) in [6.07, 6.45) is 5.91. The van der Waals surface area contributed by atoms with E-state index in [4.69, 9.17) is 4.74 Å². The molecular formula is C15H20N2O2.